The molecule has 1 aromatic heterocycles. The zero-order valence-electron chi connectivity index (χ0n) is 10.1. The van der Waals surface area contributed by atoms with Gasteiger partial charge >= 0.3 is 0 Å². The van der Waals surface area contributed by atoms with E-state index in [4.69, 9.17) is 4.74 Å². The predicted molar refractivity (Wildman–Crippen MR) is 72.9 cm³/mol. The Morgan fingerprint density at radius 1 is 1.50 bits per heavy atom. The molecule has 0 aliphatic heterocycles. The Labute approximate surface area is 102 Å². The van der Waals surface area contributed by atoms with Crippen LogP contribution in [-0.2, 0) is 4.74 Å². The highest BCUT2D eigenvalue weighted by molar-refractivity contribution is 7.13. The molecule has 0 N–H and O–H groups in total. The van der Waals surface area contributed by atoms with Gasteiger partial charge in [0.25, 0.3) is 0 Å². The van der Waals surface area contributed by atoms with E-state index in [-0.39, 0.29) is 0 Å². The van der Waals surface area contributed by atoms with Gasteiger partial charge in [0, 0.05) is 16.9 Å². The van der Waals surface area contributed by atoms with Gasteiger partial charge in [0.15, 0.2) is 0 Å². The van der Waals surface area contributed by atoms with E-state index >= 15 is 0 Å². The van der Waals surface area contributed by atoms with Crippen LogP contribution in [-0.4, -0.2) is 13.7 Å². The molecule has 1 rings (SSSR count). The van der Waals surface area contributed by atoms with Gasteiger partial charge in [-0.2, -0.15) is 0 Å². The van der Waals surface area contributed by atoms with Gasteiger partial charge in [0.05, 0.1) is 6.61 Å². The second-order valence-corrected chi connectivity index (χ2v) is 4.76. The number of ether oxygens (including phenoxy) is 1. The molecule has 0 saturated heterocycles. The highest BCUT2D eigenvalue weighted by atomic mass is 32.1. The largest absolute Gasteiger partial charge is 0.380 e. The molecule has 2 heteroatoms. The number of hydrogen-bond acceptors (Lipinski definition) is 2. The summed E-state index contributed by atoms with van der Waals surface area (Å²) in [4.78, 5) is 2.61. The molecule has 0 radical (unpaired) electrons. The van der Waals surface area contributed by atoms with Gasteiger partial charge in [-0.25, -0.2) is 0 Å². The van der Waals surface area contributed by atoms with Crippen LogP contribution in [0, 0.1) is 6.92 Å². The molecule has 86 valence electrons. The molecule has 16 heavy (non-hydrogen) atoms. The van der Waals surface area contributed by atoms with Crippen molar-refractivity contribution in [2.75, 3.05) is 13.7 Å². The fourth-order valence-corrected chi connectivity index (χ4v) is 2.56. The number of aryl methyl sites for hydroxylation is 1. The molecule has 0 unspecified atom stereocenters. The van der Waals surface area contributed by atoms with E-state index in [1.54, 1.807) is 24.5 Å². The maximum atomic E-state index is 5.22. The van der Waals surface area contributed by atoms with Crippen LogP contribution in [0.5, 0.6) is 0 Å². The van der Waals surface area contributed by atoms with E-state index in [9.17, 15) is 0 Å². The fraction of sp³-hybridized carbons (Fsp3) is 0.286. The third-order valence-corrected chi connectivity index (χ3v) is 3.29. The van der Waals surface area contributed by atoms with Crippen molar-refractivity contribution in [2.45, 2.75) is 13.8 Å². The minimum Gasteiger partial charge on any atom is -0.380 e. The molecule has 0 spiro atoms. The van der Waals surface area contributed by atoms with Crippen molar-refractivity contribution in [1.29, 1.82) is 0 Å². The fourth-order valence-electron chi connectivity index (χ4n) is 1.58. The molecule has 0 aliphatic rings. The summed E-state index contributed by atoms with van der Waals surface area (Å²) in [6.45, 7) is 8.53. The molecule has 1 heterocycles. The SMILES string of the molecule is C=C/C=C(COC)\C(=C/C)c1ccc(C)s1. The number of hydrogen-bond donors (Lipinski definition) is 0. The van der Waals surface area contributed by atoms with Gasteiger partial charge in [-0.15, -0.1) is 11.3 Å². The van der Waals surface area contributed by atoms with Crippen molar-refractivity contribution in [3.8, 4) is 0 Å². The molecular formula is C14H18OS. The lowest BCUT2D eigenvalue weighted by atomic mass is 10.0. The van der Waals surface area contributed by atoms with Crippen molar-refractivity contribution in [3.05, 3.63) is 52.3 Å². The summed E-state index contributed by atoms with van der Waals surface area (Å²) in [6, 6.07) is 4.30. The van der Waals surface area contributed by atoms with Crippen LogP contribution >= 0.6 is 11.3 Å². The van der Waals surface area contributed by atoms with E-state index in [0.717, 1.165) is 0 Å². The maximum Gasteiger partial charge on any atom is 0.0719 e. The lowest BCUT2D eigenvalue weighted by Crippen LogP contribution is -1.96. The smallest absolute Gasteiger partial charge is 0.0719 e. The molecule has 0 atom stereocenters. The first-order chi connectivity index (χ1) is 7.72. The normalized spacial score (nSPS) is 12.9. The Kier molecular flexibility index (Phi) is 5.23. The minimum absolute atomic E-state index is 0.614. The van der Waals surface area contributed by atoms with E-state index in [0.29, 0.717) is 6.61 Å². The van der Waals surface area contributed by atoms with Crippen LogP contribution in [0.25, 0.3) is 5.57 Å². The summed E-state index contributed by atoms with van der Waals surface area (Å²) in [6.07, 6.45) is 5.94. The van der Waals surface area contributed by atoms with Gasteiger partial charge in [-0.3, -0.25) is 0 Å². The van der Waals surface area contributed by atoms with E-state index in [1.807, 2.05) is 6.08 Å². The monoisotopic (exact) mass is 234 g/mol. The van der Waals surface area contributed by atoms with Crippen LogP contribution in [0.1, 0.15) is 16.7 Å². The van der Waals surface area contributed by atoms with Gasteiger partial charge in [0.1, 0.15) is 0 Å². The Bertz CT molecular complexity index is 410. The number of thiophene rings is 1. The molecule has 0 aromatic carbocycles. The van der Waals surface area contributed by atoms with Crippen LogP contribution in [0.15, 0.2) is 42.5 Å². The highest BCUT2D eigenvalue weighted by Gasteiger charge is 2.08. The Balaban J connectivity index is 3.05. The van der Waals surface area contributed by atoms with Crippen LogP contribution < -0.4 is 0 Å². The summed E-state index contributed by atoms with van der Waals surface area (Å²) < 4.78 is 5.22. The summed E-state index contributed by atoms with van der Waals surface area (Å²) >= 11 is 1.80. The topological polar surface area (TPSA) is 9.23 Å². The van der Waals surface area contributed by atoms with Crippen molar-refractivity contribution in [2.24, 2.45) is 0 Å². The number of methoxy groups -OCH3 is 1. The maximum absolute atomic E-state index is 5.22. The Hall–Kier alpha value is -1.12. The summed E-state index contributed by atoms with van der Waals surface area (Å²) in [5.74, 6) is 0. The van der Waals surface area contributed by atoms with Crippen LogP contribution in [0.4, 0.5) is 0 Å². The lowest BCUT2D eigenvalue weighted by Gasteiger charge is -2.09. The van der Waals surface area contributed by atoms with Gasteiger partial charge in [-0.05, 0) is 37.1 Å². The summed E-state index contributed by atoms with van der Waals surface area (Å²) in [5.41, 5.74) is 2.40. The first kappa shape index (κ1) is 12.9. The van der Waals surface area contributed by atoms with Gasteiger partial charge in [-0.1, -0.05) is 24.8 Å². The third kappa shape index (κ3) is 3.19. The summed E-state index contributed by atoms with van der Waals surface area (Å²) in [7, 11) is 1.71. The second-order valence-electron chi connectivity index (χ2n) is 3.47. The Morgan fingerprint density at radius 2 is 2.25 bits per heavy atom. The number of rotatable bonds is 5. The average Bonchev–Trinajstić information content (AvgIpc) is 2.67. The molecule has 1 nitrogen and oxygen atoms in total. The summed E-state index contributed by atoms with van der Waals surface area (Å²) in [5, 5.41) is 0. The first-order valence-corrected chi connectivity index (χ1v) is 6.08. The van der Waals surface area contributed by atoms with Crippen LogP contribution in [0.3, 0.4) is 0 Å². The lowest BCUT2D eigenvalue weighted by molar-refractivity contribution is 0.229. The molecule has 1 aromatic rings. The van der Waals surface area contributed by atoms with Gasteiger partial charge < -0.3 is 4.74 Å². The molecule has 0 aliphatic carbocycles. The average molecular weight is 234 g/mol. The molecule has 0 fully saturated rings. The van der Waals surface area contributed by atoms with Crippen molar-refractivity contribution >= 4 is 16.9 Å². The van der Waals surface area contributed by atoms with E-state index in [1.165, 1.54) is 20.9 Å². The molecule has 0 bridgehead atoms. The van der Waals surface area contributed by atoms with E-state index in [2.05, 4.69) is 38.6 Å². The van der Waals surface area contributed by atoms with Crippen molar-refractivity contribution in [1.82, 2.24) is 0 Å². The zero-order valence-corrected chi connectivity index (χ0v) is 10.9. The zero-order chi connectivity index (χ0) is 12.0. The molecule has 0 saturated carbocycles. The van der Waals surface area contributed by atoms with Crippen molar-refractivity contribution < 1.29 is 4.74 Å². The second kappa shape index (κ2) is 6.46. The van der Waals surface area contributed by atoms with Crippen LogP contribution in [0.2, 0.25) is 0 Å². The minimum atomic E-state index is 0.614. The Morgan fingerprint density at radius 3 is 2.69 bits per heavy atom. The molecule has 0 amide bonds. The first-order valence-electron chi connectivity index (χ1n) is 5.27. The van der Waals surface area contributed by atoms with Crippen molar-refractivity contribution in [3.63, 3.8) is 0 Å². The quantitative estimate of drug-likeness (QED) is 0.693. The third-order valence-electron chi connectivity index (χ3n) is 2.26. The van der Waals surface area contributed by atoms with Gasteiger partial charge in [0.2, 0.25) is 0 Å². The number of allylic oxidation sites excluding steroid dienone is 3. The highest BCUT2D eigenvalue weighted by Crippen LogP contribution is 2.29. The standard InChI is InChI=1S/C14H18OS/c1-5-7-12(10-15-4)13(6-2)14-9-8-11(3)16-14/h5-9H,1,10H2,2-4H3/b12-7-,13-6+. The molecular weight excluding hydrogens is 216 g/mol. The van der Waals surface area contributed by atoms with E-state index < -0.39 is 0 Å². The predicted octanol–water partition coefficient (Wildman–Crippen LogP) is 4.22.